The number of nitrogens with one attached hydrogen (secondary N) is 1. The molecular weight excluding hydrogens is 464 g/mol. The number of anilines is 1. The van der Waals surface area contributed by atoms with Crippen LogP contribution in [-0.4, -0.2) is 42.6 Å². The number of phenolic OH excluding ortho intramolecular Hbond substituents is 1. The number of rotatable bonds is 6. The molecule has 2 heterocycles. The van der Waals surface area contributed by atoms with Crippen LogP contribution in [0.4, 0.5) is 5.69 Å². The number of ether oxygens (including phenoxy) is 2. The van der Waals surface area contributed by atoms with Gasteiger partial charge >= 0.3 is 0 Å². The Bertz CT molecular complexity index is 1460. The van der Waals surface area contributed by atoms with Crippen LogP contribution in [0.5, 0.6) is 17.2 Å². The topological polar surface area (TPSA) is 74.8 Å². The number of aromatic amines is 1. The van der Waals surface area contributed by atoms with Gasteiger partial charge in [-0.15, -0.1) is 11.6 Å². The van der Waals surface area contributed by atoms with E-state index in [4.69, 9.17) is 21.1 Å². The molecule has 0 aliphatic carbocycles. The number of hydrogen-bond donors (Lipinski definition) is 2. The van der Waals surface area contributed by atoms with Crippen molar-refractivity contribution < 1.29 is 19.4 Å². The maximum Gasteiger partial charge on any atom is 0.274 e. The van der Waals surface area contributed by atoms with Crippen LogP contribution < -0.4 is 14.4 Å². The lowest BCUT2D eigenvalue weighted by atomic mass is 9.92. The number of carbonyl (C=O) groups excluding carboxylic acids is 1. The number of fused-ring (bicyclic) bond motifs is 4. The summed E-state index contributed by atoms with van der Waals surface area (Å²) in [5.41, 5.74) is 4.97. The molecule has 0 fully saturated rings. The molecule has 3 aromatic carbocycles. The molecule has 1 atom stereocenters. The summed E-state index contributed by atoms with van der Waals surface area (Å²) >= 11 is 6.39. The molecule has 0 unspecified atom stereocenters. The zero-order valence-corrected chi connectivity index (χ0v) is 21.1. The van der Waals surface area contributed by atoms with Crippen LogP contribution in [0.15, 0.2) is 36.4 Å². The van der Waals surface area contributed by atoms with Crippen LogP contribution in [0.25, 0.3) is 21.7 Å². The van der Waals surface area contributed by atoms with Crippen molar-refractivity contribution in [3.63, 3.8) is 0 Å². The molecule has 0 radical (unpaired) electrons. The first kappa shape index (κ1) is 23.4. The average Bonchev–Trinajstić information content (AvgIpc) is 3.44. The van der Waals surface area contributed by atoms with Crippen LogP contribution in [0.1, 0.15) is 46.4 Å². The smallest absolute Gasteiger partial charge is 0.274 e. The van der Waals surface area contributed by atoms with Crippen LogP contribution in [-0.2, 0) is 6.42 Å². The van der Waals surface area contributed by atoms with Crippen molar-refractivity contribution in [3.8, 4) is 17.2 Å². The van der Waals surface area contributed by atoms with Crippen molar-refractivity contribution in [2.24, 2.45) is 0 Å². The maximum atomic E-state index is 13.8. The van der Waals surface area contributed by atoms with E-state index < -0.39 is 0 Å². The number of carbonyl (C=O) groups is 1. The SMILES string of the molecule is CCCc1cc2cc(C(=O)N3C[C@@H](CCl)c4c3cc(O)c3cccc(C)c43)[nH]c2c(OC)c1OC. The fourth-order valence-electron chi connectivity index (χ4n) is 5.44. The van der Waals surface area contributed by atoms with Crippen molar-refractivity contribution in [1.29, 1.82) is 0 Å². The van der Waals surface area contributed by atoms with Crippen molar-refractivity contribution >= 4 is 44.9 Å². The van der Waals surface area contributed by atoms with E-state index in [1.807, 2.05) is 31.2 Å². The standard InChI is InChI=1S/C28H29ClN2O4/c1-5-7-16-10-17-11-20(30-25(17)27(35-4)26(16)34-3)28(33)31-14-18(13-29)24-21(31)12-22(32)19-9-6-8-15(2)23(19)24/h6,8-12,18,30,32H,5,7,13-14H2,1-4H3/t18-/m1/s1. The van der Waals surface area contributed by atoms with Gasteiger partial charge in [-0.05, 0) is 47.6 Å². The van der Waals surface area contributed by atoms with Crippen molar-refractivity contribution in [2.45, 2.75) is 32.6 Å². The summed E-state index contributed by atoms with van der Waals surface area (Å²) in [6.07, 6.45) is 1.80. The van der Waals surface area contributed by atoms with Gasteiger partial charge < -0.3 is 24.5 Å². The van der Waals surface area contributed by atoms with E-state index in [9.17, 15) is 9.90 Å². The van der Waals surface area contributed by atoms with Crippen molar-refractivity contribution in [2.75, 3.05) is 31.5 Å². The van der Waals surface area contributed by atoms with E-state index in [2.05, 4.69) is 18.0 Å². The van der Waals surface area contributed by atoms with Gasteiger partial charge in [0.1, 0.15) is 11.4 Å². The van der Waals surface area contributed by atoms with E-state index in [1.165, 1.54) is 0 Å². The second-order valence-corrected chi connectivity index (χ2v) is 9.40. The summed E-state index contributed by atoms with van der Waals surface area (Å²) in [5.74, 6) is 1.59. The van der Waals surface area contributed by atoms with Gasteiger partial charge in [-0.1, -0.05) is 31.5 Å². The number of nitrogens with zero attached hydrogens (tertiary/aromatic N) is 1. The Kier molecular flexibility index (Phi) is 6.01. The maximum absolute atomic E-state index is 13.8. The average molecular weight is 493 g/mol. The van der Waals surface area contributed by atoms with Crippen LogP contribution in [0.2, 0.25) is 0 Å². The molecule has 1 amide bonds. The number of benzene rings is 3. The summed E-state index contributed by atoms with van der Waals surface area (Å²) in [6, 6.07) is 11.4. The number of aromatic nitrogens is 1. The molecule has 1 aliphatic heterocycles. The Morgan fingerprint density at radius 3 is 2.66 bits per heavy atom. The van der Waals surface area contributed by atoms with Gasteiger partial charge in [-0.2, -0.15) is 0 Å². The largest absolute Gasteiger partial charge is 0.507 e. The summed E-state index contributed by atoms with van der Waals surface area (Å²) in [4.78, 5) is 18.8. The zero-order chi connectivity index (χ0) is 24.9. The normalized spacial score (nSPS) is 15.1. The van der Waals surface area contributed by atoms with E-state index in [0.29, 0.717) is 35.3 Å². The monoisotopic (exact) mass is 492 g/mol. The van der Waals surface area contributed by atoms with Gasteiger partial charge in [-0.3, -0.25) is 4.79 Å². The minimum Gasteiger partial charge on any atom is -0.507 e. The second-order valence-electron chi connectivity index (χ2n) is 9.09. The fraction of sp³-hybridized carbons (Fsp3) is 0.321. The Balaban J connectivity index is 1.65. The molecule has 1 aliphatic rings. The lowest BCUT2D eigenvalue weighted by molar-refractivity contribution is 0.0984. The highest BCUT2D eigenvalue weighted by Crippen LogP contribution is 2.47. The Morgan fingerprint density at radius 1 is 1.20 bits per heavy atom. The molecule has 0 bridgehead atoms. The molecule has 0 spiro atoms. The number of aromatic hydroxyl groups is 1. The third-order valence-corrected chi connectivity index (χ3v) is 7.33. The summed E-state index contributed by atoms with van der Waals surface area (Å²) in [5, 5.41) is 13.4. The third-order valence-electron chi connectivity index (χ3n) is 6.96. The van der Waals surface area contributed by atoms with Crippen LogP contribution in [0, 0.1) is 6.92 Å². The number of alkyl halides is 1. The Labute approximate surface area is 209 Å². The second kappa shape index (κ2) is 9.00. The first-order valence-electron chi connectivity index (χ1n) is 11.8. The fourth-order valence-corrected chi connectivity index (χ4v) is 5.69. The van der Waals surface area contributed by atoms with Crippen molar-refractivity contribution in [1.82, 2.24) is 4.98 Å². The van der Waals surface area contributed by atoms with Crippen molar-refractivity contribution in [3.05, 3.63) is 58.8 Å². The third kappa shape index (κ3) is 3.59. The Hall–Kier alpha value is -3.38. The highest BCUT2D eigenvalue weighted by atomic mass is 35.5. The molecule has 1 aromatic heterocycles. The highest BCUT2D eigenvalue weighted by Gasteiger charge is 2.36. The van der Waals surface area contributed by atoms with Gasteiger partial charge in [0, 0.05) is 35.2 Å². The zero-order valence-electron chi connectivity index (χ0n) is 20.4. The molecule has 7 heteroatoms. The number of phenols is 1. The molecular formula is C28H29ClN2O4. The summed E-state index contributed by atoms with van der Waals surface area (Å²) < 4.78 is 11.3. The highest BCUT2D eigenvalue weighted by molar-refractivity contribution is 6.19. The number of hydrogen-bond acceptors (Lipinski definition) is 4. The minimum atomic E-state index is -0.180. The molecule has 5 rings (SSSR count). The quantitative estimate of drug-likeness (QED) is 0.310. The number of amides is 1. The molecule has 6 nitrogen and oxygen atoms in total. The predicted octanol–water partition coefficient (Wildman–Crippen LogP) is 6.29. The number of halogens is 1. The molecule has 0 saturated carbocycles. The lowest BCUT2D eigenvalue weighted by Gasteiger charge is -2.18. The van der Waals surface area contributed by atoms with Gasteiger partial charge in [0.2, 0.25) is 0 Å². The lowest BCUT2D eigenvalue weighted by Crippen LogP contribution is -2.30. The minimum absolute atomic E-state index is 0.0324. The summed E-state index contributed by atoms with van der Waals surface area (Å²) in [7, 11) is 3.23. The molecule has 0 saturated heterocycles. The van der Waals surface area contributed by atoms with E-state index >= 15 is 0 Å². The van der Waals surface area contributed by atoms with Gasteiger partial charge in [-0.25, -0.2) is 0 Å². The first-order chi connectivity index (χ1) is 16.9. The van der Waals surface area contributed by atoms with Crippen LogP contribution >= 0.6 is 11.6 Å². The van der Waals surface area contributed by atoms with E-state index in [0.717, 1.165) is 51.2 Å². The molecule has 182 valence electrons. The van der Waals surface area contributed by atoms with Gasteiger partial charge in [0.25, 0.3) is 5.91 Å². The number of H-pyrrole nitrogens is 1. The van der Waals surface area contributed by atoms with Crippen LogP contribution in [0.3, 0.4) is 0 Å². The van der Waals surface area contributed by atoms with Gasteiger partial charge in [0.05, 0.1) is 25.4 Å². The van der Waals surface area contributed by atoms with E-state index in [1.54, 1.807) is 25.2 Å². The molecule has 2 N–H and O–H groups in total. The summed E-state index contributed by atoms with van der Waals surface area (Å²) in [6.45, 7) is 4.58. The van der Waals surface area contributed by atoms with Gasteiger partial charge in [0.15, 0.2) is 11.5 Å². The number of aryl methyl sites for hydroxylation is 2. The Morgan fingerprint density at radius 2 is 1.97 bits per heavy atom. The number of methoxy groups -OCH3 is 2. The first-order valence-corrected chi connectivity index (χ1v) is 12.4. The predicted molar refractivity (Wildman–Crippen MR) is 141 cm³/mol. The molecule has 4 aromatic rings. The van der Waals surface area contributed by atoms with E-state index in [-0.39, 0.29) is 17.6 Å². The molecule has 35 heavy (non-hydrogen) atoms.